The number of rotatable bonds is 3. The van der Waals surface area contributed by atoms with Crippen LogP contribution in [0.1, 0.15) is 22.3 Å². The van der Waals surface area contributed by atoms with E-state index in [1.54, 1.807) is 6.21 Å². The third kappa shape index (κ3) is 2.79. The number of hydrazone groups is 1. The fourth-order valence-electron chi connectivity index (χ4n) is 2.47. The lowest BCUT2D eigenvalue weighted by Crippen LogP contribution is -1.96. The van der Waals surface area contributed by atoms with E-state index in [1.807, 2.05) is 24.3 Å². The number of para-hydroxylation sites is 2. The van der Waals surface area contributed by atoms with E-state index in [0.717, 1.165) is 16.7 Å². The third-order valence-corrected chi connectivity index (χ3v) is 3.39. The van der Waals surface area contributed by atoms with Crippen LogP contribution < -0.4 is 5.43 Å². The van der Waals surface area contributed by atoms with E-state index >= 15 is 0 Å². The van der Waals surface area contributed by atoms with E-state index in [1.165, 1.54) is 16.7 Å². The maximum absolute atomic E-state index is 5.55. The molecule has 4 nitrogen and oxygen atoms in total. The smallest absolute Gasteiger partial charge is 0.316 e. The summed E-state index contributed by atoms with van der Waals surface area (Å²) in [6.45, 7) is 6.26. The number of fused-ring (bicyclic) bond motifs is 1. The van der Waals surface area contributed by atoms with Crippen LogP contribution in [-0.4, -0.2) is 11.2 Å². The van der Waals surface area contributed by atoms with Crippen LogP contribution in [0.3, 0.4) is 0 Å². The maximum Gasteiger partial charge on any atom is 0.316 e. The van der Waals surface area contributed by atoms with Crippen molar-refractivity contribution in [3.8, 4) is 0 Å². The van der Waals surface area contributed by atoms with E-state index in [4.69, 9.17) is 4.42 Å². The summed E-state index contributed by atoms with van der Waals surface area (Å²) >= 11 is 0. The standard InChI is InChI=1S/C17H17N3O/c1-11-8-12(2)14(13(3)9-11)10-18-20-17-19-15-6-4-5-7-16(15)21-17/h4-10H,1-3H3,(H,19,20). The molecule has 21 heavy (non-hydrogen) atoms. The van der Waals surface area contributed by atoms with Crippen molar-refractivity contribution >= 4 is 23.3 Å². The molecule has 0 amide bonds. The van der Waals surface area contributed by atoms with Gasteiger partial charge in [0.2, 0.25) is 0 Å². The Labute approximate surface area is 123 Å². The molecule has 106 valence electrons. The highest BCUT2D eigenvalue weighted by Gasteiger charge is 2.04. The monoisotopic (exact) mass is 279 g/mol. The lowest BCUT2D eigenvalue weighted by Gasteiger charge is -2.06. The molecular weight excluding hydrogens is 262 g/mol. The zero-order chi connectivity index (χ0) is 14.8. The van der Waals surface area contributed by atoms with Gasteiger partial charge in [0.05, 0.1) is 6.21 Å². The number of nitrogens with one attached hydrogen (secondary N) is 1. The Balaban J connectivity index is 1.81. The number of benzene rings is 2. The van der Waals surface area contributed by atoms with Crippen LogP contribution in [0, 0.1) is 20.8 Å². The Morgan fingerprint density at radius 3 is 2.52 bits per heavy atom. The molecule has 0 radical (unpaired) electrons. The molecule has 0 bridgehead atoms. The van der Waals surface area contributed by atoms with Gasteiger partial charge in [-0.1, -0.05) is 29.8 Å². The highest BCUT2D eigenvalue weighted by atomic mass is 16.4. The highest BCUT2D eigenvalue weighted by molar-refractivity contribution is 5.84. The third-order valence-electron chi connectivity index (χ3n) is 3.39. The van der Waals surface area contributed by atoms with Crippen LogP contribution in [0.4, 0.5) is 6.01 Å². The quantitative estimate of drug-likeness (QED) is 0.577. The number of aryl methyl sites for hydroxylation is 3. The van der Waals surface area contributed by atoms with Crippen molar-refractivity contribution in [3.63, 3.8) is 0 Å². The molecule has 0 saturated heterocycles. The number of anilines is 1. The van der Waals surface area contributed by atoms with Crippen molar-refractivity contribution in [3.05, 3.63) is 58.7 Å². The zero-order valence-electron chi connectivity index (χ0n) is 12.3. The van der Waals surface area contributed by atoms with Gasteiger partial charge in [0.15, 0.2) is 5.58 Å². The Bertz CT molecular complexity index is 762. The molecule has 0 unspecified atom stereocenters. The first-order valence-electron chi connectivity index (χ1n) is 6.86. The van der Waals surface area contributed by atoms with Crippen LogP contribution in [0.2, 0.25) is 0 Å². The van der Waals surface area contributed by atoms with Gasteiger partial charge in [-0.2, -0.15) is 10.1 Å². The topological polar surface area (TPSA) is 50.4 Å². The van der Waals surface area contributed by atoms with Gasteiger partial charge in [0.1, 0.15) is 5.52 Å². The molecular formula is C17H17N3O. The first kappa shape index (κ1) is 13.4. The van der Waals surface area contributed by atoms with Gasteiger partial charge in [-0.15, -0.1) is 0 Å². The van der Waals surface area contributed by atoms with Crippen LogP contribution in [0.15, 0.2) is 45.9 Å². The molecule has 0 aliphatic rings. The second kappa shape index (κ2) is 5.40. The van der Waals surface area contributed by atoms with Crippen LogP contribution in [0.5, 0.6) is 0 Å². The molecule has 2 aromatic carbocycles. The predicted molar refractivity (Wildman–Crippen MR) is 85.9 cm³/mol. The number of aromatic nitrogens is 1. The minimum absolute atomic E-state index is 0.398. The van der Waals surface area contributed by atoms with E-state index in [9.17, 15) is 0 Å². The van der Waals surface area contributed by atoms with Crippen molar-refractivity contribution in [1.82, 2.24) is 4.98 Å². The first-order chi connectivity index (χ1) is 10.1. The summed E-state index contributed by atoms with van der Waals surface area (Å²) in [6.07, 6.45) is 1.80. The fourth-order valence-corrected chi connectivity index (χ4v) is 2.47. The summed E-state index contributed by atoms with van der Waals surface area (Å²) in [5.74, 6) is 0. The number of oxazole rings is 1. The van der Waals surface area contributed by atoms with Gasteiger partial charge in [-0.3, -0.25) is 0 Å². The molecule has 3 rings (SSSR count). The van der Waals surface area contributed by atoms with Crippen molar-refractivity contribution in [1.29, 1.82) is 0 Å². The van der Waals surface area contributed by atoms with Gasteiger partial charge < -0.3 is 4.42 Å². The molecule has 1 aromatic heterocycles. The molecule has 0 aliphatic carbocycles. The van der Waals surface area contributed by atoms with Crippen LogP contribution >= 0.6 is 0 Å². The largest absolute Gasteiger partial charge is 0.422 e. The number of hydrogen-bond acceptors (Lipinski definition) is 4. The highest BCUT2D eigenvalue weighted by Crippen LogP contribution is 2.18. The number of hydrogen-bond donors (Lipinski definition) is 1. The fraction of sp³-hybridized carbons (Fsp3) is 0.176. The Morgan fingerprint density at radius 1 is 1.10 bits per heavy atom. The van der Waals surface area contributed by atoms with Crippen LogP contribution in [-0.2, 0) is 0 Å². The van der Waals surface area contributed by atoms with Crippen molar-refractivity contribution in [2.45, 2.75) is 20.8 Å². The van der Waals surface area contributed by atoms with Crippen LogP contribution in [0.25, 0.3) is 11.1 Å². The predicted octanol–water partition coefficient (Wildman–Crippen LogP) is 4.20. The molecule has 1 heterocycles. The maximum atomic E-state index is 5.55. The molecule has 3 aromatic rings. The van der Waals surface area contributed by atoms with Gasteiger partial charge in [0, 0.05) is 5.56 Å². The molecule has 0 saturated carbocycles. The number of nitrogens with zero attached hydrogens (tertiary/aromatic N) is 2. The second-order valence-corrected chi connectivity index (χ2v) is 5.17. The molecule has 0 aliphatic heterocycles. The Morgan fingerprint density at radius 2 is 1.81 bits per heavy atom. The lowest BCUT2D eigenvalue weighted by atomic mass is 10.0. The SMILES string of the molecule is Cc1cc(C)c(C=NNc2nc3ccccc3o2)c(C)c1. The second-order valence-electron chi connectivity index (χ2n) is 5.17. The van der Waals surface area contributed by atoms with Crippen molar-refractivity contribution < 1.29 is 4.42 Å². The van der Waals surface area contributed by atoms with Crippen molar-refractivity contribution in [2.75, 3.05) is 5.43 Å². The average Bonchev–Trinajstić information content (AvgIpc) is 2.84. The Hall–Kier alpha value is -2.62. The summed E-state index contributed by atoms with van der Waals surface area (Å²) in [6, 6.07) is 12.3. The van der Waals surface area contributed by atoms with Gasteiger partial charge in [-0.05, 0) is 44.0 Å². The zero-order valence-corrected chi connectivity index (χ0v) is 12.3. The van der Waals surface area contributed by atoms with Gasteiger partial charge >= 0.3 is 6.01 Å². The molecule has 0 spiro atoms. The van der Waals surface area contributed by atoms with Crippen molar-refractivity contribution in [2.24, 2.45) is 5.10 Å². The average molecular weight is 279 g/mol. The summed E-state index contributed by atoms with van der Waals surface area (Å²) in [7, 11) is 0. The minimum atomic E-state index is 0.398. The van der Waals surface area contributed by atoms with E-state index in [2.05, 4.69) is 48.4 Å². The van der Waals surface area contributed by atoms with Gasteiger partial charge in [0.25, 0.3) is 0 Å². The molecule has 0 fully saturated rings. The summed E-state index contributed by atoms with van der Waals surface area (Å²) in [5.41, 5.74) is 9.19. The normalized spacial score (nSPS) is 11.4. The van der Waals surface area contributed by atoms with E-state index in [-0.39, 0.29) is 0 Å². The van der Waals surface area contributed by atoms with Gasteiger partial charge in [-0.25, -0.2) is 5.43 Å². The summed E-state index contributed by atoms with van der Waals surface area (Å²) in [5, 5.41) is 4.23. The molecule has 4 heteroatoms. The molecule has 1 N–H and O–H groups in total. The Kier molecular flexibility index (Phi) is 3.44. The summed E-state index contributed by atoms with van der Waals surface area (Å²) in [4.78, 5) is 4.31. The minimum Gasteiger partial charge on any atom is -0.422 e. The van der Waals surface area contributed by atoms with E-state index < -0.39 is 0 Å². The lowest BCUT2D eigenvalue weighted by molar-refractivity contribution is 0.617. The first-order valence-corrected chi connectivity index (χ1v) is 6.86. The molecule has 0 atom stereocenters. The van der Waals surface area contributed by atoms with E-state index in [0.29, 0.717) is 6.01 Å². The summed E-state index contributed by atoms with van der Waals surface area (Å²) < 4.78 is 5.55.